The number of nitrogens with two attached hydrogens (primary N) is 1. The third kappa shape index (κ3) is 2.33. The van der Waals surface area contributed by atoms with Crippen molar-refractivity contribution >= 4 is 0 Å². The maximum Gasteiger partial charge on any atom is 0.0475 e. The number of hydrogen-bond acceptors (Lipinski definition) is 1. The van der Waals surface area contributed by atoms with Gasteiger partial charge in [0.2, 0.25) is 0 Å². The molecule has 0 spiro atoms. The van der Waals surface area contributed by atoms with Gasteiger partial charge in [0.25, 0.3) is 0 Å². The molecule has 0 bridgehead atoms. The molecule has 0 radical (unpaired) electrons. The van der Waals surface area contributed by atoms with Crippen LogP contribution in [0.2, 0.25) is 0 Å². The standard InChI is InChI=1S/C17H22N2/c1-2-14-11-15-16(18)9-6-10-17(15)19(14)12-13-7-4-3-5-8-13/h3-5,7-8,11,16H,2,6,9-10,12,18H2,1H3. The van der Waals surface area contributed by atoms with Crippen molar-refractivity contribution in [2.24, 2.45) is 5.73 Å². The fraction of sp³-hybridized carbons (Fsp3) is 0.412. The van der Waals surface area contributed by atoms with Gasteiger partial charge >= 0.3 is 0 Å². The lowest BCUT2D eigenvalue weighted by atomic mass is 9.93. The van der Waals surface area contributed by atoms with Crippen molar-refractivity contribution in [3.63, 3.8) is 0 Å². The lowest BCUT2D eigenvalue weighted by Gasteiger charge is -2.21. The molecule has 19 heavy (non-hydrogen) atoms. The molecule has 0 amide bonds. The van der Waals surface area contributed by atoms with E-state index in [9.17, 15) is 0 Å². The minimum Gasteiger partial charge on any atom is -0.344 e. The number of aryl methyl sites for hydroxylation is 1. The molecule has 2 N–H and O–H groups in total. The predicted octanol–water partition coefficient (Wildman–Crippen LogP) is 3.43. The summed E-state index contributed by atoms with van der Waals surface area (Å²) in [6, 6.07) is 13.3. The van der Waals surface area contributed by atoms with E-state index in [2.05, 4.69) is 47.9 Å². The van der Waals surface area contributed by atoms with E-state index >= 15 is 0 Å². The van der Waals surface area contributed by atoms with Crippen LogP contribution in [0.25, 0.3) is 0 Å². The molecule has 0 saturated carbocycles. The smallest absolute Gasteiger partial charge is 0.0475 e. The van der Waals surface area contributed by atoms with Gasteiger partial charge in [-0.1, -0.05) is 37.3 Å². The summed E-state index contributed by atoms with van der Waals surface area (Å²) in [6.07, 6.45) is 4.60. The molecular weight excluding hydrogens is 232 g/mol. The zero-order valence-corrected chi connectivity index (χ0v) is 11.6. The normalized spacial score (nSPS) is 18.3. The highest BCUT2D eigenvalue weighted by Gasteiger charge is 2.22. The van der Waals surface area contributed by atoms with E-state index in [-0.39, 0.29) is 6.04 Å². The largest absolute Gasteiger partial charge is 0.344 e. The van der Waals surface area contributed by atoms with Crippen LogP contribution in [0.3, 0.4) is 0 Å². The molecule has 2 aromatic rings. The molecule has 2 heteroatoms. The van der Waals surface area contributed by atoms with Gasteiger partial charge in [0.05, 0.1) is 0 Å². The van der Waals surface area contributed by atoms with Crippen molar-refractivity contribution < 1.29 is 0 Å². The van der Waals surface area contributed by atoms with Crippen LogP contribution in [-0.4, -0.2) is 4.57 Å². The second kappa shape index (κ2) is 5.22. The first-order valence-corrected chi connectivity index (χ1v) is 7.30. The summed E-state index contributed by atoms with van der Waals surface area (Å²) < 4.78 is 2.49. The number of fused-ring (bicyclic) bond motifs is 1. The molecule has 1 unspecified atom stereocenters. The number of hydrogen-bond donors (Lipinski definition) is 1. The highest BCUT2D eigenvalue weighted by molar-refractivity contribution is 5.34. The predicted molar refractivity (Wildman–Crippen MR) is 79.2 cm³/mol. The molecule has 1 atom stereocenters. The molecule has 3 rings (SSSR count). The molecule has 0 saturated heterocycles. The Balaban J connectivity index is 2.00. The quantitative estimate of drug-likeness (QED) is 0.893. The van der Waals surface area contributed by atoms with Gasteiger partial charge in [-0.2, -0.15) is 0 Å². The minimum absolute atomic E-state index is 0.242. The number of rotatable bonds is 3. The van der Waals surface area contributed by atoms with E-state index in [4.69, 9.17) is 5.73 Å². The van der Waals surface area contributed by atoms with Crippen molar-refractivity contribution in [2.75, 3.05) is 0 Å². The average Bonchev–Trinajstić information content (AvgIpc) is 2.80. The van der Waals surface area contributed by atoms with Gasteiger partial charge in [-0.15, -0.1) is 0 Å². The lowest BCUT2D eigenvalue weighted by Crippen LogP contribution is -2.18. The second-order valence-corrected chi connectivity index (χ2v) is 5.46. The Bertz CT molecular complexity index is 554. The summed E-state index contributed by atoms with van der Waals surface area (Å²) >= 11 is 0. The summed E-state index contributed by atoms with van der Waals surface area (Å²) in [5.41, 5.74) is 11.9. The van der Waals surface area contributed by atoms with Crippen LogP contribution in [0.15, 0.2) is 36.4 Å². The Morgan fingerprint density at radius 3 is 2.79 bits per heavy atom. The van der Waals surface area contributed by atoms with E-state index in [1.54, 1.807) is 0 Å². The highest BCUT2D eigenvalue weighted by atomic mass is 15.0. The van der Waals surface area contributed by atoms with Gasteiger partial charge in [-0.3, -0.25) is 0 Å². The Labute approximate surface area is 115 Å². The van der Waals surface area contributed by atoms with Crippen LogP contribution < -0.4 is 5.73 Å². The van der Waals surface area contributed by atoms with E-state index in [1.807, 2.05) is 0 Å². The first kappa shape index (κ1) is 12.5. The van der Waals surface area contributed by atoms with Crippen molar-refractivity contribution in [3.05, 3.63) is 58.9 Å². The van der Waals surface area contributed by atoms with Gasteiger partial charge in [-0.05, 0) is 42.9 Å². The molecular formula is C17H22N2. The summed E-state index contributed by atoms with van der Waals surface area (Å²) in [6.45, 7) is 3.21. The zero-order chi connectivity index (χ0) is 13.2. The third-order valence-corrected chi connectivity index (χ3v) is 4.20. The first-order chi connectivity index (χ1) is 9.29. The monoisotopic (exact) mass is 254 g/mol. The van der Waals surface area contributed by atoms with Crippen LogP contribution in [0.5, 0.6) is 0 Å². The lowest BCUT2D eigenvalue weighted by molar-refractivity contribution is 0.545. The molecule has 1 aromatic heterocycles. The van der Waals surface area contributed by atoms with Crippen LogP contribution in [0.4, 0.5) is 0 Å². The van der Waals surface area contributed by atoms with Crippen LogP contribution in [0.1, 0.15) is 48.3 Å². The topological polar surface area (TPSA) is 30.9 Å². The summed E-state index contributed by atoms with van der Waals surface area (Å²) in [5, 5.41) is 0. The van der Waals surface area contributed by atoms with Crippen LogP contribution in [-0.2, 0) is 19.4 Å². The molecule has 0 fully saturated rings. The van der Waals surface area contributed by atoms with E-state index in [1.165, 1.54) is 35.4 Å². The van der Waals surface area contributed by atoms with Crippen molar-refractivity contribution in [1.82, 2.24) is 4.57 Å². The molecule has 2 nitrogen and oxygen atoms in total. The Morgan fingerprint density at radius 2 is 2.05 bits per heavy atom. The zero-order valence-electron chi connectivity index (χ0n) is 11.6. The van der Waals surface area contributed by atoms with Crippen LogP contribution >= 0.6 is 0 Å². The maximum absolute atomic E-state index is 6.26. The van der Waals surface area contributed by atoms with Crippen molar-refractivity contribution in [1.29, 1.82) is 0 Å². The first-order valence-electron chi connectivity index (χ1n) is 7.30. The fourth-order valence-electron chi connectivity index (χ4n) is 3.17. The fourth-order valence-corrected chi connectivity index (χ4v) is 3.17. The molecule has 1 aliphatic rings. The summed E-state index contributed by atoms with van der Waals surface area (Å²) in [7, 11) is 0. The average molecular weight is 254 g/mol. The van der Waals surface area contributed by atoms with Gasteiger partial charge in [0.15, 0.2) is 0 Å². The highest BCUT2D eigenvalue weighted by Crippen LogP contribution is 2.31. The van der Waals surface area contributed by atoms with Crippen LogP contribution in [0, 0.1) is 0 Å². The van der Waals surface area contributed by atoms with Gasteiger partial charge < -0.3 is 10.3 Å². The SMILES string of the molecule is CCc1cc2c(n1Cc1ccccc1)CCCC2N. The van der Waals surface area contributed by atoms with Gasteiger partial charge in [0.1, 0.15) is 0 Å². The summed E-state index contributed by atoms with van der Waals surface area (Å²) in [4.78, 5) is 0. The number of benzene rings is 1. The number of aromatic nitrogens is 1. The molecule has 1 aromatic carbocycles. The molecule has 1 heterocycles. The number of nitrogens with zero attached hydrogens (tertiary/aromatic N) is 1. The molecule has 1 aliphatic carbocycles. The Hall–Kier alpha value is -1.54. The third-order valence-electron chi connectivity index (χ3n) is 4.20. The van der Waals surface area contributed by atoms with Gasteiger partial charge in [0, 0.05) is 24.0 Å². The molecule has 0 aliphatic heterocycles. The van der Waals surface area contributed by atoms with Crippen molar-refractivity contribution in [3.8, 4) is 0 Å². The van der Waals surface area contributed by atoms with E-state index < -0.39 is 0 Å². The summed E-state index contributed by atoms with van der Waals surface area (Å²) in [5.74, 6) is 0. The van der Waals surface area contributed by atoms with Gasteiger partial charge in [-0.25, -0.2) is 0 Å². The Kier molecular flexibility index (Phi) is 3.43. The molecule has 100 valence electrons. The minimum atomic E-state index is 0.242. The maximum atomic E-state index is 6.26. The van der Waals surface area contributed by atoms with Crippen molar-refractivity contribution in [2.45, 2.75) is 45.2 Å². The second-order valence-electron chi connectivity index (χ2n) is 5.46. The van der Waals surface area contributed by atoms with E-state index in [0.717, 1.165) is 19.4 Å². The Morgan fingerprint density at radius 1 is 1.26 bits per heavy atom. The van der Waals surface area contributed by atoms with E-state index in [0.29, 0.717) is 0 Å².